The fraction of sp³-hybridized carbons (Fsp3) is 0.478. The number of rotatable bonds is 4. The maximum absolute atomic E-state index is 2.28. The van der Waals surface area contributed by atoms with Crippen LogP contribution in [0.15, 0.2) is 60.7 Å². The lowest BCUT2D eigenvalue weighted by Crippen LogP contribution is -2.00. The van der Waals surface area contributed by atoms with Gasteiger partial charge in [0.15, 0.2) is 0 Å². The summed E-state index contributed by atoms with van der Waals surface area (Å²) in [5.41, 5.74) is 2.89. The number of hydrogen-bond acceptors (Lipinski definition) is 0. The van der Waals surface area contributed by atoms with Gasteiger partial charge in [0.25, 0.3) is 0 Å². The van der Waals surface area contributed by atoms with Crippen molar-refractivity contribution in [2.45, 2.75) is 60.8 Å². The summed E-state index contributed by atoms with van der Waals surface area (Å²) >= 11 is 0. The highest BCUT2D eigenvalue weighted by molar-refractivity contribution is 5.19. The van der Waals surface area contributed by atoms with Crippen molar-refractivity contribution in [2.75, 3.05) is 0 Å². The van der Waals surface area contributed by atoms with Gasteiger partial charge < -0.3 is 0 Å². The van der Waals surface area contributed by atoms with Crippen LogP contribution in [0.5, 0.6) is 0 Å². The average Bonchev–Trinajstić information content (AvgIpc) is 2.55. The van der Waals surface area contributed by atoms with Crippen LogP contribution < -0.4 is 0 Å². The quantitative estimate of drug-likeness (QED) is 0.547. The van der Waals surface area contributed by atoms with E-state index < -0.39 is 0 Å². The normalized spacial score (nSPS) is 12.9. The molecular formula is C23H36. The molecule has 0 saturated carbocycles. The van der Waals surface area contributed by atoms with Gasteiger partial charge >= 0.3 is 0 Å². The Labute approximate surface area is 145 Å². The molecule has 0 N–H and O–H groups in total. The minimum Gasteiger partial charge on any atom is -0.0776 e. The lowest BCUT2D eigenvalue weighted by molar-refractivity contribution is 0.535. The maximum atomic E-state index is 2.28. The molecular weight excluding hydrogens is 276 g/mol. The third-order valence-electron chi connectivity index (χ3n) is 4.65. The van der Waals surface area contributed by atoms with Crippen LogP contribution in [-0.2, 0) is 0 Å². The molecule has 0 radical (unpaired) electrons. The molecule has 0 saturated heterocycles. The van der Waals surface area contributed by atoms with E-state index in [0.29, 0.717) is 11.8 Å². The largest absolute Gasteiger partial charge is 0.0776 e. The highest BCUT2D eigenvalue weighted by Gasteiger charge is 2.08. The van der Waals surface area contributed by atoms with Gasteiger partial charge in [0.2, 0.25) is 0 Å². The van der Waals surface area contributed by atoms with Crippen molar-refractivity contribution < 1.29 is 0 Å². The molecule has 0 aliphatic rings. The summed E-state index contributed by atoms with van der Waals surface area (Å²) in [7, 11) is 0. The third kappa shape index (κ3) is 7.50. The maximum Gasteiger partial charge on any atom is -0.0167 e. The monoisotopic (exact) mass is 312 g/mol. The van der Waals surface area contributed by atoms with Gasteiger partial charge in [-0.3, -0.25) is 0 Å². The first-order chi connectivity index (χ1) is 10.4. The van der Waals surface area contributed by atoms with Crippen molar-refractivity contribution in [3.05, 3.63) is 71.8 Å². The third-order valence-corrected chi connectivity index (χ3v) is 4.65. The Bertz CT molecular complexity index is 447. The summed E-state index contributed by atoms with van der Waals surface area (Å²) in [5.74, 6) is 2.82. The van der Waals surface area contributed by atoms with Crippen molar-refractivity contribution in [1.29, 1.82) is 0 Å². The Balaban J connectivity index is 0.000000403. The molecule has 0 nitrogen and oxygen atoms in total. The van der Waals surface area contributed by atoms with E-state index in [9.17, 15) is 0 Å². The zero-order valence-corrected chi connectivity index (χ0v) is 15.1. The van der Waals surface area contributed by atoms with Crippen LogP contribution in [0.3, 0.4) is 0 Å². The Morgan fingerprint density at radius 1 is 0.478 bits per heavy atom. The topological polar surface area (TPSA) is 0 Å². The van der Waals surface area contributed by atoms with Crippen LogP contribution in [0.1, 0.15) is 71.9 Å². The number of benzene rings is 2. The van der Waals surface area contributed by atoms with Crippen molar-refractivity contribution in [1.82, 2.24) is 0 Å². The lowest BCUT2D eigenvalue weighted by Gasteiger charge is -2.15. The van der Waals surface area contributed by atoms with Crippen LogP contribution in [0.2, 0.25) is 0 Å². The molecule has 0 aromatic heterocycles. The van der Waals surface area contributed by atoms with Crippen molar-refractivity contribution in [3.8, 4) is 0 Å². The predicted molar refractivity (Wildman–Crippen MR) is 106 cm³/mol. The molecule has 0 aliphatic heterocycles. The fourth-order valence-electron chi connectivity index (χ4n) is 2.28. The summed E-state index contributed by atoms with van der Waals surface area (Å²) in [4.78, 5) is 0. The Hall–Kier alpha value is -1.56. The van der Waals surface area contributed by atoms with Gasteiger partial charge in [0.05, 0.1) is 0 Å². The molecule has 2 atom stereocenters. The minimum atomic E-state index is 0. The van der Waals surface area contributed by atoms with Crippen molar-refractivity contribution >= 4 is 0 Å². The molecule has 128 valence electrons. The second-order valence-electron chi connectivity index (χ2n) is 6.89. The Morgan fingerprint density at radius 3 is 0.957 bits per heavy atom. The molecule has 2 aromatic carbocycles. The second-order valence-corrected chi connectivity index (χ2v) is 6.89. The molecule has 0 unspecified atom stereocenters. The lowest BCUT2D eigenvalue weighted by atomic mass is 9.91. The highest BCUT2D eigenvalue weighted by atomic mass is 14.1. The van der Waals surface area contributed by atoms with Crippen LogP contribution in [-0.4, -0.2) is 0 Å². The molecule has 2 aromatic rings. The molecule has 0 heteroatoms. The Morgan fingerprint density at radius 2 is 0.739 bits per heavy atom. The van der Waals surface area contributed by atoms with Gasteiger partial charge in [0, 0.05) is 0 Å². The molecule has 0 heterocycles. The van der Waals surface area contributed by atoms with Gasteiger partial charge in [-0.15, -0.1) is 0 Å². The fourth-order valence-corrected chi connectivity index (χ4v) is 2.28. The highest BCUT2D eigenvalue weighted by Crippen LogP contribution is 2.23. The van der Waals surface area contributed by atoms with Crippen LogP contribution in [0.25, 0.3) is 0 Å². The van der Waals surface area contributed by atoms with Crippen molar-refractivity contribution in [3.63, 3.8) is 0 Å². The van der Waals surface area contributed by atoms with Crippen LogP contribution >= 0.6 is 0 Å². The van der Waals surface area contributed by atoms with E-state index in [0.717, 1.165) is 11.8 Å². The molecule has 0 spiro atoms. The van der Waals surface area contributed by atoms with E-state index in [2.05, 4.69) is 102 Å². The molecule has 0 amide bonds. The van der Waals surface area contributed by atoms with Crippen LogP contribution in [0, 0.1) is 11.8 Å². The minimum absolute atomic E-state index is 0. The second kappa shape index (κ2) is 11.0. The summed E-state index contributed by atoms with van der Waals surface area (Å²) in [5, 5.41) is 0. The first-order valence-electron chi connectivity index (χ1n) is 8.53. The van der Waals surface area contributed by atoms with E-state index in [1.807, 2.05) is 0 Å². The summed E-state index contributed by atoms with van der Waals surface area (Å²) in [6.07, 6.45) is 0. The summed E-state index contributed by atoms with van der Waals surface area (Å²) in [6.45, 7) is 13.6. The molecule has 23 heavy (non-hydrogen) atoms. The zero-order chi connectivity index (χ0) is 16.5. The van der Waals surface area contributed by atoms with Gasteiger partial charge in [-0.2, -0.15) is 0 Å². The smallest absolute Gasteiger partial charge is 0.0167 e. The first-order valence-corrected chi connectivity index (χ1v) is 8.53. The average molecular weight is 313 g/mol. The van der Waals surface area contributed by atoms with Gasteiger partial charge in [-0.05, 0) is 34.8 Å². The van der Waals surface area contributed by atoms with E-state index in [1.165, 1.54) is 11.1 Å². The van der Waals surface area contributed by atoms with E-state index in [4.69, 9.17) is 0 Å². The van der Waals surface area contributed by atoms with Crippen LogP contribution in [0.4, 0.5) is 0 Å². The van der Waals surface area contributed by atoms with Crippen molar-refractivity contribution in [2.24, 2.45) is 11.8 Å². The molecule has 0 bridgehead atoms. The van der Waals surface area contributed by atoms with Gasteiger partial charge in [-0.1, -0.05) is 110 Å². The SMILES string of the molecule is C.CC(C)[C@@H](C)c1ccccc1.CC(C)[C@@H](C)c1ccccc1. The standard InChI is InChI=1S/2C11H16.CH4/c2*1-9(2)10(3)11-7-5-4-6-8-11;/h2*4-10H,1-3H3;1H4/t2*10-;/m11./s1. The first kappa shape index (κ1) is 21.4. The molecule has 0 aliphatic carbocycles. The van der Waals surface area contributed by atoms with E-state index in [1.54, 1.807) is 0 Å². The van der Waals surface area contributed by atoms with Gasteiger partial charge in [0.1, 0.15) is 0 Å². The van der Waals surface area contributed by atoms with E-state index in [-0.39, 0.29) is 7.43 Å². The zero-order valence-electron chi connectivity index (χ0n) is 15.1. The summed E-state index contributed by atoms with van der Waals surface area (Å²) < 4.78 is 0. The number of hydrogen-bond donors (Lipinski definition) is 0. The molecule has 2 rings (SSSR count). The van der Waals surface area contributed by atoms with E-state index >= 15 is 0 Å². The predicted octanol–water partition coefficient (Wildman–Crippen LogP) is 7.53. The van der Waals surface area contributed by atoms with Gasteiger partial charge in [-0.25, -0.2) is 0 Å². The Kier molecular flexibility index (Phi) is 10.3. The summed E-state index contributed by atoms with van der Waals surface area (Å²) in [6, 6.07) is 21.3. The molecule has 0 fully saturated rings.